The van der Waals surface area contributed by atoms with Gasteiger partial charge in [0.1, 0.15) is 0 Å². The zero-order chi connectivity index (χ0) is 20.3. The van der Waals surface area contributed by atoms with Crippen LogP contribution in [0.15, 0.2) is 60.7 Å². The number of benzene rings is 2. The summed E-state index contributed by atoms with van der Waals surface area (Å²) in [5.41, 5.74) is 1.94. The van der Waals surface area contributed by atoms with Gasteiger partial charge in [0.05, 0.1) is 6.61 Å². The first kappa shape index (κ1) is 20.9. The lowest BCUT2D eigenvalue weighted by molar-refractivity contribution is -0.126. The number of anilines is 1. The van der Waals surface area contributed by atoms with Gasteiger partial charge in [-0.1, -0.05) is 48.5 Å². The zero-order valence-electron chi connectivity index (χ0n) is 16.7. The number of urea groups is 1. The van der Waals surface area contributed by atoms with Crippen LogP contribution in [-0.4, -0.2) is 43.1 Å². The summed E-state index contributed by atoms with van der Waals surface area (Å²) in [5, 5.41) is 5.89. The highest BCUT2D eigenvalue weighted by atomic mass is 16.5. The van der Waals surface area contributed by atoms with Crippen LogP contribution in [0.4, 0.5) is 10.5 Å². The van der Waals surface area contributed by atoms with E-state index in [1.54, 1.807) is 4.90 Å². The van der Waals surface area contributed by atoms with E-state index in [0.29, 0.717) is 45.7 Å². The molecule has 0 atom stereocenters. The summed E-state index contributed by atoms with van der Waals surface area (Å²) in [6.07, 6.45) is 2.17. The third-order valence-corrected chi connectivity index (χ3v) is 5.05. The predicted molar refractivity (Wildman–Crippen MR) is 113 cm³/mol. The molecule has 0 bridgehead atoms. The summed E-state index contributed by atoms with van der Waals surface area (Å²) in [7, 11) is 0. The maximum absolute atomic E-state index is 12.3. The molecule has 2 aromatic rings. The molecular weight excluding hydrogens is 366 g/mol. The lowest BCUT2D eigenvalue weighted by atomic mass is 9.96. The van der Waals surface area contributed by atoms with Gasteiger partial charge in [-0.2, -0.15) is 0 Å². The van der Waals surface area contributed by atoms with Gasteiger partial charge >= 0.3 is 6.03 Å². The number of rotatable bonds is 8. The molecule has 2 N–H and O–H groups in total. The fourth-order valence-electron chi connectivity index (χ4n) is 3.36. The number of carbonyl (C=O) groups is 2. The van der Waals surface area contributed by atoms with Crippen molar-refractivity contribution in [3.8, 4) is 0 Å². The topological polar surface area (TPSA) is 70.7 Å². The summed E-state index contributed by atoms with van der Waals surface area (Å²) in [5.74, 6) is 0.0530. The molecule has 1 aliphatic rings. The van der Waals surface area contributed by atoms with Crippen LogP contribution in [-0.2, 0) is 16.1 Å². The van der Waals surface area contributed by atoms with Crippen molar-refractivity contribution in [2.24, 2.45) is 5.92 Å². The van der Waals surface area contributed by atoms with Crippen LogP contribution in [0, 0.1) is 5.92 Å². The van der Waals surface area contributed by atoms with Crippen LogP contribution >= 0.6 is 0 Å². The van der Waals surface area contributed by atoms with Gasteiger partial charge in [-0.25, -0.2) is 4.79 Å². The van der Waals surface area contributed by atoms with Gasteiger partial charge in [0.2, 0.25) is 5.91 Å². The number of likely N-dealkylation sites (tertiary alicyclic amines) is 1. The van der Waals surface area contributed by atoms with E-state index in [-0.39, 0.29) is 17.9 Å². The first-order chi connectivity index (χ1) is 14.2. The van der Waals surface area contributed by atoms with E-state index >= 15 is 0 Å². The Morgan fingerprint density at radius 2 is 1.62 bits per heavy atom. The molecule has 6 nitrogen and oxygen atoms in total. The number of piperidine rings is 1. The number of nitrogens with one attached hydrogen (secondary N) is 2. The minimum absolute atomic E-state index is 0.0268. The second-order valence-corrected chi connectivity index (χ2v) is 7.24. The molecule has 2 aromatic carbocycles. The number of ether oxygens (including phenoxy) is 1. The Hall–Kier alpha value is -2.86. The van der Waals surface area contributed by atoms with E-state index in [4.69, 9.17) is 4.74 Å². The van der Waals surface area contributed by atoms with Crippen molar-refractivity contribution in [3.05, 3.63) is 66.2 Å². The summed E-state index contributed by atoms with van der Waals surface area (Å²) in [6, 6.07) is 19.4. The Bertz CT molecular complexity index is 759. The Balaban J connectivity index is 1.27. The molecule has 1 fully saturated rings. The Morgan fingerprint density at radius 3 is 2.31 bits per heavy atom. The number of hydrogen-bond donors (Lipinski definition) is 2. The van der Waals surface area contributed by atoms with Crippen LogP contribution in [0.3, 0.4) is 0 Å². The first-order valence-corrected chi connectivity index (χ1v) is 10.2. The lowest BCUT2D eigenvalue weighted by Gasteiger charge is -2.31. The smallest absolute Gasteiger partial charge is 0.321 e. The average Bonchev–Trinajstić information content (AvgIpc) is 2.77. The second kappa shape index (κ2) is 11.2. The predicted octanol–water partition coefficient (Wildman–Crippen LogP) is 3.65. The fraction of sp³-hybridized carbons (Fsp3) is 0.391. The Morgan fingerprint density at radius 1 is 0.966 bits per heavy atom. The van der Waals surface area contributed by atoms with E-state index < -0.39 is 0 Å². The Labute approximate surface area is 172 Å². The van der Waals surface area contributed by atoms with Crippen molar-refractivity contribution in [2.45, 2.75) is 25.9 Å². The van der Waals surface area contributed by atoms with Gasteiger partial charge in [-0.05, 0) is 37.0 Å². The normalized spacial score (nSPS) is 14.4. The molecule has 1 heterocycles. The summed E-state index contributed by atoms with van der Waals surface area (Å²) in [4.78, 5) is 26.4. The van der Waals surface area contributed by atoms with Gasteiger partial charge in [0.15, 0.2) is 0 Å². The van der Waals surface area contributed by atoms with Crippen molar-refractivity contribution in [1.82, 2.24) is 10.2 Å². The maximum Gasteiger partial charge on any atom is 0.321 e. The van der Waals surface area contributed by atoms with Crippen molar-refractivity contribution in [2.75, 3.05) is 31.6 Å². The Kier molecular flexibility index (Phi) is 8.07. The van der Waals surface area contributed by atoms with Crippen LogP contribution < -0.4 is 10.6 Å². The third-order valence-electron chi connectivity index (χ3n) is 5.05. The highest BCUT2D eigenvalue weighted by Crippen LogP contribution is 2.18. The molecule has 0 radical (unpaired) electrons. The molecule has 3 amide bonds. The van der Waals surface area contributed by atoms with E-state index in [1.807, 2.05) is 60.7 Å². The molecule has 0 aliphatic carbocycles. The molecule has 0 unspecified atom stereocenters. The number of nitrogens with zero attached hydrogens (tertiary/aromatic N) is 1. The monoisotopic (exact) mass is 395 g/mol. The largest absolute Gasteiger partial charge is 0.377 e. The molecule has 6 heteroatoms. The maximum atomic E-state index is 12.3. The highest BCUT2D eigenvalue weighted by Gasteiger charge is 2.27. The molecule has 3 rings (SSSR count). The molecule has 0 aromatic heterocycles. The van der Waals surface area contributed by atoms with Gasteiger partial charge in [-0.3, -0.25) is 4.79 Å². The second-order valence-electron chi connectivity index (χ2n) is 7.24. The molecule has 1 saturated heterocycles. The van der Waals surface area contributed by atoms with Crippen molar-refractivity contribution < 1.29 is 14.3 Å². The average molecular weight is 396 g/mol. The quantitative estimate of drug-likeness (QED) is 0.670. The van der Waals surface area contributed by atoms with Gasteiger partial charge in [0, 0.05) is 37.8 Å². The van der Waals surface area contributed by atoms with Crippen molar-refractivity contribution in [1.29, 1.82) is 0 Å². The van der Waals surface area contributed by atoms with Crippen LogP contribution in [0.2, 0.25) is 0 Å². The van der Waals surface area contributed by atoms with Gasteiger partial charge < -0.3 is 20.3 Å². The molecule has 1 aliphatic heterocycles. The minimum atomic E-state index is -0.106. The molecule has 0 saturated carbocycles. The van der Waals surface area contributed by atoms with E-state index in [0.717, 1.165) is 17.7 Å². The van der Waals surface area contributed by atoms with Crippen molar-refractivity contribution in [3.63, 3.8) is 0 Å². The summed E-state index contributed by atoms with van der Waals surface area (Å²) in [6.45, 7) is 3.02. The fourth-order valence-corrected chi connectivity index (χ4v) is 3.36. The SMILES string of the molecule is O=C(NCCCOCc1ccccc1)C1CCN(C(=O)Nc2ccccc2)CC1. The van der Waals surface area contributed by atoms with E-state index in [1.165, 1.54) is 0 Å². The zero-order valence-corrected chi connectivity index (χ0v) is 16.7. The molecule has 29 heavy (non-hydrogen) atoms. The molecular formula is C23H29N3O3. The summed E-state index contributed by atoms with van der Waals surface area (Å²) >= 11 is 0. The van der Waals surface area contributed by atoms with Gasteiger partial charge in [0.25, 0.3) is 0 Å². The highest BCUT2D eigenvalue weighted by molar-refractivity contribution is 5.89. The number of hydrogen-bond acceptors (Lipinski definition) is 3. The first-order valence-electron chi connectivity index (χ1n) is 10.2. The number of para-hydroxylation sites is 1. The minimum Gasteiger partial charge on any atom is -0.377 e. The van der Waals surface area contributed by atoms with Crippen LogP contribution in [0.5, 0.6) is 0 Å². The van der Waals surface area contributed by atoms with E-state index in [2.05, 4.69) is 10.6 Å². The van der Waals surface area contributed by atoms with Gasteiger partial charge in [-0.15, -0.1) is 0 Å². The third kappa shape index (κ3) is 6.91. The number of amides is 3. The van der Waals surface area contributed by atoms with Crippen LogP contribution in [0.25, 0.3) is 0 Å². The standard InChI is InChI=1S/C23H29N3O3/c27-22(24-14-7-17-29-18-19-8-3-1-4-9-19)20-12-15-26(16-13-20)23(28)25-21-10-5-2-6-11-21/h1-6,8-11,20H,7,12-18H2,(H,24,27)(H,25,28). The van der Waals surface area contributed by atoms with E-state index in [9.17, 15) is 9.59 Å². The lowest BCUT2D eigenvalue weighted by Crippen LogP contribution is -2.44. The summed E-state index contributed by atoms with van der Waals surface area (Å²) < 4.78 is 5.63. The van der Waals surface area contributed by atoms with Crippen LogP contribution in [0.1, 0.15) is 24.8 Å². The molecule has 154 valence electrons. The number of carbonyl (C=O) groups excluding carboxylic acids is 2. The van der Waals surface area contributed by atoms with Crippen molar-refractivity contribution >= 4 is 17.6 Å². The molecule has 0 spiro atoms.